The highest BCUT2D eigenvalue weighted by Gasteiger charge is 2.15. The maximum Gasteiger partial charge on any atom is 0.338 e. The normalized spacial score (nSPS) is 10.3. The van der Waals surface area contributed by atoms with Crippen molar-refractivity contribution in [3.8, 4) is 0 Å². The Labute approximate surface area is 113 Å². The Hall–Kier alpha value is -1.84. The molecular formula is C15H20O4. The van der Waals surface area contributed by atoms with Gasteiger partial charge in [0.25, 0.3) is 0 Å². The lowest BCUT2D eigenvalue weighted by Gasteiger charge is -2.10. The molecule has 1 rings (SSSR count). The Morgan fingerprint density at radius 2 is 1.84 bits per heavy atom. The maximum absolute atomic E-state index is 11.7. The summed E-state index contributed by atoms with van der Waals surface area (Å²) in [5.41, 5.74) is 1.06. The van der Waals surface area contributed by atoms with E-state index in [-0.39, 0.29) is 12.4 Å². The highest BCUT2D eigenvalue weighted by atomic mass is 16.5. The van der Waals surface area contributed by atoms with Gasteiger partial charge in [-0.3, -0.25) is 4.79 Å². The van der Waals surface area contributed by atoms with Crippen molar-refractivity contribution in [2.45, 2.75) is 27.2 Å². The molecule has 0 saturated heterocycles. The van der Waals surface area contributed by atoms with Gasteiger partial charge in [-0.15, -0.1) is 0 Å². The average molecular weight is 264 g/mol. The molecule has 0 bridgehead atoms. The summed E-state index contributed by atoms with van der Waals surface area (Å²) in [5, 5.41) is 0. The van der Waals surface area contributed by atoms with Crippen LogP contribution in [0.25, 0.3) is 0 Å². The van der Waals surface area contributed by atoms with Crippen molar-refractivity contribution in [2.75, 3.05) is 13.2 Å². The van der Waals surface area contributed by atoms with Crippen LogP contribution in [0.15, 0.2) is 24.3 Å². The minimum Gasteiger partial charge on any atom is -0.465 e. The second-order valence-corrected chi connectivity index (χ2v) is 4.63. The van der Waals surface area contributed by atoms with Gasteiger partial charge in [0, 0.05) is 0 Å². The highest BCUT2D eigenvalue weighted by Crippen LogP contribution is 2.12. The minimum absolute atomic E-state index is 0.0850. The molecule has 4 heteroatoms. The van der Waals surface area contributed by atoms with Crippen LogP contribution >= 0.6 is 0 Å². The zero-order valence-electron chi connectivity index (χ0n) is 11.6. The lowest BCUT2D eigenvalue weighted by Crippen LogP contribution is -2.15. The SMILES string of the molecule is CCOC(=O)c1ccccc1CC(=O)OCC(C)C. The molecule has 19 heavy (non-hydrogen) atoms. The molecular weight excluding hydrogens is 244 g/mol. The second-order valence-electron chi connectivity index (χ2n) is 4.63. The van der Waals surface area contributed by atoms with E-state index in [0.29, 0.717) is 30.3 Å². The molecule has 0 unspecified atom stereocenters. The van der Waals surface area contributed by atoms with Crippen LogP contribution < -0.4 is 0 Å². The van der Waals surface area contributed by atoms with Crippen LogP contribution in [-0.2, 0) is 20.7 Å². The first-order chi connectivity index (χ1) is 9.04. The Morgan fingerprint density at radius 3 is 2.47 bits per heavy atom. The number of benzene rings is 1. The predicted molar refractivity (Wildman–Crippen MR) is 71.9 cm³/mol. The van der Waals surface area contributed by atoms with E-state index in [2.05, 4.69) is 0 Å². The van der Waals surface area contributed by atoms with Crippen LogP contribution in [-0.4, -0.2) is 25.2 Å². The molecule has 0 heterocycles. The average Bonchev–Trinajstić information content (AvgIpc) is 2.37. The minimum atomic E-state index is -0.408. The third-order valence-corrected chi connectivity index (χ3v) is 2.43. The fourth-order valence-corrected chi connectivity index (χ4v) is 1.55. The molecule has 0 radical (unpaired) electrons. The van der Waals surface area contributed by atoms with Crippen molar-refractivity contribution in [1.29, 1.82) is 0 Å². The maximum atomic E-state index is 11.7. The summed E-state index contributed by atoms with van der Waals surface area (Å²) in [5.74, 6) is -0.440. The first-order valence-corrected chi connectivity index (χ1v) is 6.45. The van der Waals surface area contributed by atoms with Crippen molar-refractivity contribution in [3.63, 3.8) is 0 Å². The van der Waals surface area contributed by atoms with E-state index in [4.69, 9.17) is 9.47 Å². The molecule has 0 amide bonds. The van der Waals surface area contributed by atoms with Gasteiger partial charge in [-0.05, 0) is 24.5 Å². The Morgan fingerprint density at radius 1 is 1.16 bits per heavy atom. The Bertz CT molecular complexity index is 438. The zero-order chi connectivity index (χ0) is 14.3. The molecule has 0 aliphatic carbocycles. The third-order valence-electron chi connectivity index (χ3n) is 2.43. The van der Waals surface area contributed by atoms with Crippen molar-refractivity contribution in [3.05, 3.63) is 35.4 Å². The Balaban J connectivity index is 2.72. The summed E-state index contributed by atoms with van der Waals surface area (Å²) in [6, 6.07) is 6.93. The lowest BCUT2D eigenvalue weighted by molar-refractivity contribution is -0.143. The molecule has 0 aromatic heterocycles. The summed E-state index contributed by atoms with van der Waals surface area (Å²) in [7, 11) is 0. The van der Waals surface area contributed by atoms with E-state index in [9.17, 15) is 9.59 Å². The number of rotatable bonds is 6. The highest BCUT2D eigenvalue weighted by molar-refractivity contribution is 5.92. The predicted octanol–water partition coefficient (Wildman–Crippen LogP) is 2.61. The molecule has 104 valence electrons. The van der Waals surface area contributed by atoms with Crippen LogP contribution in [0.2, 0.25) is 0 Å². The number of hydrogen-bond donors (Lipinski definition) is 0. The molecule has 0 spiro atoms. The van der Waals surface area contributed by atoms with Gasteiger partial charge in [-0.25, -0.2) is 4.79 Å². The molecule has 0 N–H and O–H groups in total. The topological polar surface area (TPSA) is 52.6 Å². The molecule has 0 aliphatic rings. The standard InChI is InChI=1S/C15H20O4/c1-4-18-15(17)13-8-6-5-7-12(13)9-14(16)19-10-11(2)3/h5-8,11H,4,9-10H2,1-3H3. The molecule has 0 atom stereocenters. The number of hydrogen-bond acceptors (Lipinski definition) is 4. The van der Waals surface area contributed by atoms with E-state index in [1.165, 1.54) is 0 Å². The van der Waals surface area contributed by atoms with E-state index < -0.39 is 5.97 Å². The summed E-state index contributed by atoms with van der Waals surface area (Å²) < 4.78 is 10.1. The number of carbonyl (C=O) groups is 2. The van der Waals surface area contributed by atoms with Crippen LogP contribution in [0.5, 0.6) is 0 Å². The molecule has 0 aliphatic heterocycles. The van der Waals surface area contributed by atoms with Gasteiger partial charge < -0.3 is 9.47 Å². The molecule has 1 aromatic rings. The van der Waals surface area contributed by atoms with Gasteiger partial charge in [-0.1, -0.05) is 32.0 Å². The lowest BCUT2D eigenvalue weighted by atomic mass is 10.0. The second kappa shape index (κ2) is 7.56. The third kappa shape index (κ3) is 5.12. The van der Waals surface area contributed by atoms with Gasteiger partial charge >= 0.3 is 11.9 Å². The first kappa shape index (κ1) is 15.2. The van der Waals surface area contributed by atoms with E-state index in [1.54, 1.807) is 31.2 Å². The van der Waals surface area contributed by atoms with Crippen LogP contribution in [0.3, 0.4) is 0 Å². The molecule has 0 fully saturated rings. The Kier molecular flexibility index (Phi) is 6.06. The summed E-state index contributed by atoms with van der Waals surface area (Å²) in [6.07, 6.45) is 0.0850. The van der Waals surface area contributed by atoms with Crippen molar-refractivity contribution < 1.29 is 19.1 Å². The molecule has 4 nitrogen and oxygen atoms in total. The van der Waals surface area contributed by atoms with E-state index in [1.807, 2.05) is 13.8 Å². The first-order valence-electron chi connectivity index (χ1n) is 6.45. The summed E-state index contributed by atoms with van der Waals surface area (Å²) in [6.45, 7) is 6.39. The van der Waals surface area contributed by atoms with E-state index in [0.717, 1.165) is 0 Å². The number of ether oxygens (including phenoxy) is 2. The quantitative estimate of drug-likeness (QED) is 0.741. The van der Waals surface area contributed by atoms with Gasteiger partial charge in [0.2, 0.25) is 0 Å². The number of esters is 2. The number of carbonyl (C=O) groups excluding carboxylic acids is 2. The van der Waals surface area contributed by atoms with Crippen molar-refractivity contribution >= 4 is 11.9 Å². The van der Waals surface area contributed by atoms with Gasteiger partial charge in [-0.2, -0.15) is 0 Å². The van der Waals surface area contributed by atoms with Crippen molar-refractivity contribution in [1.82, 2.24) is 0 Å². The monoisotopic (exact) mass is 264 g/mol. The molecule has 1 aromatic carbocycles. The summed E-state index contributed by atoms with van der Waals surface area (Å²) >= 11 is 0. The van der Waals surface area contributed by atoms with Crippen molar-refractivity contribution in [2.24, 2.45) is 5.92 Å². The fourth-order valence-electron chi connectivity index (χ4n) is 1.55. The largest absolute Gasteiger partial charge is 0.465 e. The van der Waals surface area contributed by atoms with Crippen LogP contribution in [0.1, 0.15) is 36.7 Å². The zero-order valence-corrected chi connectivity index (χ0v) is 11.6. The van der Waals surface area contributed by atoms with E-state index >= 15 is 0 Å². The fraction of sp³-hybridized carbons (Fsp3) is 0.467. The van der Waals surface area contributed by atoms with Gasteiger partial charge in [0.05, 0.1) is 25.2 Å². The van der Waals surface area contributed by atoms with Crippen LogP contribution in [0.4, 0.5) is 0 Å². The van der Waals surface area contributed by atoms with Gasteiger partial charge in [0.15, 0.2) is 0 Å². The van der Waals surface area contributed by atoms with Crippen LogP contribution in [0, 0.1) is 5.92 Å². The molecule has 0 saturated carbocycles. The van der Waals surface area contributed by atoms with Gasteiger partial charge in [0.1, 0.15) is 0 Å². The smallest absolute Gasteiger partial charge is 0.338 e. The summed E-state index contributed by atoms with van der Waals surface area (Å²) in [4.78, 5) is 23.4.